The van der Waals surface area contributed by atoms with Crippen LogP contribution in [0.15, 0.2) is 38.0 Å². The van der Waals surface area contributed by atoms with Crippen LogP contribution in [0, 0.1) is 5.92 Å². The van der Waals surface area contributed by atoms with E-state index in [2.05, 4.69) is 10.1 Å². The second kappa shape index (κ2) is 6.92. The Morgan fingerprint density at radius 3 is 2.93 bits per heavy atom. The standard InChI is InChI=1S/C20H22N4O4/c25-18(12-24-15-5-1-2-6-16(15)27-20(24)26)23-9-3-4-13(11-23)10-17-21-19(22-28-17)14-7-8-14/h1-2,5-6,13-14H,3-4,7-12H2/t13-/m0/s1. The van der Waals surface area contributed by atoms with Crippen LogP contribution in [0.2, 0.25) is 0 Å². The quantitative estimate of drug-likeness (QED) is 0.672. The van der Waals surface area contributed by atoms with Crippen molar-refractivity contribution in [2.75, 3.05) is 13.1 Å². The summed E-state index contributed by atoms with van der Waals surface area (Å²) in [6.07, 6.45) is 4.94. The van der Waals surface area contributed by atoms with E-state index in [1.54, 1.807) is 18.2 Å². The lowest BCUT2D eigenvalue weighted by Gasteiger charge is -2.32. The first-order valence-corrected chi connectivity index (χ1v) is 9.86. The summed E-state index contributed by atoms with van der Waals surface area (Å²) in [6, 6.07) is 7.16. The number of hydrogen-bond donors (Lipinski definition) is 0. The summed E-state index contributed by atoms with van der Waals surface area (Å²) >= 11 is 0. The fourth-order valence-corrected chi connectivity index (χ4v) is 3.96. The molecule has 0 radical (unpaired) electrons. The summed E-state index contributed by atoms with van der Waals surface area (Å²) in [7, 11) is 0. The molecule has 1 saturated heterocycles. The van der Waals surface area contributed by atoms with E-state index >= 15 is 0 Å². The number of benzene rings is 1. The number of carbonyl (C=O) groups is 1. The number of carbonyl (C=O) groups excluding carboxylic acids is 1. The van der Waals surface area contributed by atoms with E-state index in [4.69, 9.17) is 8.94 Å². The third kappa shape index (κ3) is 3.34. The maximum absolute atomic E-state index is 12.8. The summed E-state index contributed by atoms with van der Waals surface area (Å²) in [5, 5.41) is 4.07. The molecule has 3 aromatic rings. The zero-order valence-corrected chi connectivity index (χ0v) is 15.5. The van der Waals surface area contributed by atoms with Crippen LogP contribution in [0.5, 0.6) is 0 Å². The third-order valence-electron chi connectivity index (χ3n) is 5.63. The Hall–Kier alpha value is -2.90. The normalized spacial score (nSPS) is 20.0. The smallest absolute Gasteiger partial charge is 0.408 e. The van der Waals surface area contributed by atoms with Gasteiger partial charge in [0.15, 0.2) is 11.4 Å². The van der Waals surface area contributed by atoms with E-state index in [9.17, 15) is 9.59 Å². The van der Waals surface area contributed by atoms with Crippen LogP contribution in [0.3, 0.4) is 0 Å². The summed E-state index contributed by atoms with van der Waals surface area (Å²) in [5.74, 6) is 1.69. The molecule has 1 aromatic carbocycles. The maximum atomic E-state index is 12.8. The van der Waals surface area contributed by atoms with E-state index in [1.807, 2.05) is 11.0 Å². The third-order valence-corrected chi connectivity index (χ3v) is 5.63. The minimum atomic E-state index is -0.499. The molecule has 2 fully saturated rings. The van der Waals surface area contributed by atoms with Crippen molar-refractivity contribution >= 4 is 17.0 Å². The molecular formula is C20H22N4O4. The van der Waals surface area contributed by atoms with Gasteiger partial charge in [0, 0.05) is 25.4 Å². The van der Waals surface area contributed by atoms with Crippen molar-refractivity contribution in [3.8, 4) is 0 Å². The number of nitrogens with zero attached hydrogens (tertiary/aromatic N) is 4. The molecule has 1 aliphatic heterocycles. The summed E-state index contributed by atoms with van der Waals surface area (Å²) in [4.78, 5) is 31.3. The highest BCUT2D eigenvalue weighted by atomic mass is 16.5. The van der Waals surface area contributed by atoms with Crippen molar-refractivity contribution in [1.82, 2.24) is 19.6 Å². The van der Waals surface area contributed by atoms with Crippen LogP contribution < -0.4 is 5.76 Å². The fraction of sp³-hybridized carbons (Fsp3) is 0.500. The van der Waals surface area contributed by atoms with Gasteiger partial charge in [0.05, 0.1) is 5.52 Å². The molecule has 0 N–H and O–H groups in total. The van der Waals surface area contributed by atoms with Crippen LogP contribution in [-0.2, 0) is 17.8 Å². The molecule has 0 unspecified atom stereocenters. The predicted molar refractivity (Wildman–Crippen MR) is 99.8 cm³/mol. The number of aromatic nitrogens is 3. The van der Waals surface area contributed by atoms with Gasteiger partial charge >= 0.3 is 5.76 Å². The highest BCUT2D eigenvalue weighted by Crippen LogP contribution is 2.38. The second-order valence-electron chi connectivity index (χ2n) is 7.79. The summed E-state index contributed by atoms with van der Waals surface area (Å²) in [5.41, 5.74) is 1.15. The van der Waals surface area contributed by atoms with Crippen LogP contribution in [-0.4, -0.2) is 38.6 Å². The number of hydrogen-bond acceptors (Lipinski definition) is 6. The van der Waals surface area contributed by atoms with Crippen molar-refractivity contribution in [2.24, 2.45) is 5.92 Å². The molecule has 0 bridgehead atoms. The molecular weight excluding hydrogens is 360 g/mol. The van der Waals surface area contributed by atoms with Gasteiger partial charge in [-0.3, -0.25) is 9.36 Å². The Balaban J connectivity index is 1.25. The van der Waals surface area contributed by atoms with Crippen molar-refractivity contribution in [3.63, 3.8) is 0 Å². The molecule has 2 aliphatic rings. The van der Waals surface area contributed by atoms with Crippen LogP contribution in [0.1, 0.15) is 43.3 Å². The van der Waals surface area contributed by atoms with E-state index < -0.39 is 5.76 Å². The Morgan fingerprint density at radius 1 is 1.21 bits per heavy atom. The molecule has 1 atom stereocenters. The van der Waals surface area contributed by atoms with Crippen molar-refractivity contribution in [1.29, 1.82) is 0 Å². The molecule has 146 valence electrons. The molecule has 8 heteroatoms. The monoisotopic (exact) mass is 382 g/mol. The average molecular weight is 382 g/mol. The van der Waals surface area contributed by atoms with Gasteiger partial charge < -0.3 is 13.8 Å². The van der Waals surface area contributed by atoms with Gasteiger partial charge in [-0.05, 0) is 43.7 Å². The van der Waals surface area contributed by atoms with E-state index in [1.165, 1.54) is 4.57 Å². The molecule has 0 spiro atoms. The number of fused-ring (bicyclic) bond motifs is 1. The lowest BCUT2D eigenvalue weighted by atomic mass is 9.94. The van der Waals surface area contributed by atoms with Crippen LogP contribution in [0.4, 0.5) is 0 Å². The first kappa shape index (κ1) is 17.2. The molecule has 2 aromatic heterocycles. The predicted octanol–water partition coefficient (Wildman–Crippen LogP) is 2.34. The van der Waals surface area contributed by atoms with E-state index in [-0.39, 0.29) is 12.5 Å². The van der Waals surface area contributed by atoms with Gasteiger partial charge in [-0.15, -0.1) is 0 Å². The fourth-order valence-electron chi connectivity index (χ4n) is 3.96. The highest BCUT2D eigenvalue weighted by molar-refractivity contribution is 5.79. The Morgan fingerprint density at radius 2 is 2.07 bits per heavy atom. The van der Waals surface area contributed by atoms with Crippen LogP contribution in [0.25, 0.3) is 11.1 Å². The molecule has 28 heavy (non-hydrogen) atoms. The molecule has 5 rings (SSSR count). The molecule has 1 aliphatic carbocycles. The van der Waals surface area contributed by atoms with Gasteiger partial charge in [0.2, 0.25) is 11.8 Å². The maximum Gasteiger partial charge on any atom is 0.420 e. The SMILES string of the molecule is O=C(Cn1c(=O)oc2ccccc21)N1CCC[C@@H](Cc2nc(C3CC3)no2)C1. The molecule has 1 amide bonds. The lowest BCUT2D eigenvalue weighted by Crippen LogP contribution is -2.42. The summed E-state index contributed by atoms with van der Waals surface area (Å²) < 4.78 is 12.0. The van der Waals surface area contributed by atoms with E-state index in [0.717, 1.165) is 31.5 Å². The molecule has 1 saturated carbocycles. The topological polar surface area (TPSA) is 94.4 Å². The van der Waals surface area contributed by atoms with Gasteiger partial charge in [-0.2, -0.15) is 4.98 Å². The average Bonchev–Trinajstić information content (AvgIpc) is 3.38. The van der Waals surface area contributed by atoms with Gasteiger partial charge in [-0.25, -0.2) is 4.79 Å². The Labute approximate surface area is 161 Å². The van der Waals surface area contributed by atoms with Crippen molar-refractivity contribution < 1.29 is 13.7 Å². The molecule has 8 nitrogen and oxygen atoms in total. The van der Waals surface area contributed by atoms with Gasteiger partial charge in [-0.1, -0.05) is 17.3 Å². The zero-order valence-electron chi connectivity index (χ0n) is 15.5. The minimum absolute atomic E-state index is 0.00501. The summed E-state index contributed by atoms with van der Waals surface area (Å²) in [6.45, 7) is 1.34. The first-order chi connectivity index (χ1) is 13.7. The zero-order chi connectivity index (χ0) is 19.1. The number of amides is 1. The van der Waals surface area contributed by atoms with E-state index in [0.29, 0.717) is 48.3 Å². The molecule has 3 heterocycles. The van der Waals surface area contributed by atoms with Gasteiger partial charge in [0.1, 0.15) is 6.54 Å². The lowest BCUT2D eigenvalue weighted by molar-refractivity contribution is -0.133. The second-order valence-corrected chi connectivity index (χ2v) is 7.79. The number of para-hydroxylation sites is 2. The number of likely N-dealkylation sites (tertiary alicyclic amines) is 1. The minimum Gasteiger partial charge on any atom is -0.408 e. The van der Waals surface area contributed by atoms with Gasteiger partial charge in [0.25, 0.3) is 0 Å². The van der Waals surface area contributed by atoms with Crippen molar-refractivity contribution in [3.05, 3.63) is 46.5 Å². The highest BCUT2D eigenvalue weighted by Gasteiger charge is 2.30. The Kier molecular flexibility index (Phi) is 4.26. The first-order valence-electron chi connectivity index (χ1n) is 9.86. The van der Waals surface area contributed by atoms with Crippen molar-refractivity contribution in [2.45, 2.75) is 44.6 Å². The number of piperidine rings is 1. The number of rotatable bonds is 5. The number of oxazole rings is 1. The Bertz CT molecular complexity index is 1060. The largest absolute Gasteiger partial charge is 0.420 e. The van der Waals surface area contributed by atoms with Crippen LogP contribution >= 0.6 is 0 Å².